The minimum Gasteiger partial charge on any atom is -0.313 e. The summed E-state index contributed by atoms with van der Waals surface area (Å²) in [5, 5.41) is 0. The van der Waals surface area contributed by atoms with Crippen molar-refractivity contribution in [2.45, 2.75) is 13.0 Å². The third-order valence-electron chi connectivity index (χ3n) is 1.58. The molecule has 4 heteroatoms. The minimum atomic E-state index is -0.00921. The summed E-state index contributed by atoms with van der Waals surface area (Å²) in [5.41, 5.74) is -0.00921. The predicted octanol–water partition coefficient (Wildman–Crippen LogP) is 2.95. The number of rotatable bonds is 3. The van der Waals surface area contributed by atoms with Crippen LogP contribution in [0.5, 0.6) is 0 Å². The number of nitrogens with zero attached hydrogens (tertiary/aromatic N) is 1. The first-order chi connectivity index (χ1) is 6.15. The Labute approximate surface area is 93.5 Å². The van der Waals surface area contributed by atoms with Crippen molar-refractivity contribution in [1.82, 2.24) is 4.57 Å². The zero-order valence-electron chi connectivity index (χ0n) is 6.96. The molecule has 0 saturated heterocycles. The fraction of sp³-hybridized carbons (Fsp3) is 0.222. The van der Waals surface area contributed by atoms with Crippen molar-refractivity contribution in [2.75, 3.05) is 0 Å². The van der Waals surface area contributed by atoms with Gasteiger partial charge >= 0.3 is 0 Å². The summed E-state index contributed by atoms with van der Waals surface area (Å²) < 4.78 is 3.12. The van der Waals surface area contributed by atoms with Crippen molar-refractivity contribution < 1.29 is 0 Å². The molecule has 2 nitrogen and oxygen atoms in total. The summed E-state index contributed by atoms with van der Waals surface area (Å²) >= 11 is 6.52. The first-order valence-corrected chi connectivity index (χ1v) is 5.40. The molecule has 0 amide bonds. The Morgan fingerprint density at radius 3 is 2.85 bits per heavy atom. The molecule has 1 heterocycles. The molecule has 0 unspecified atom stereocenters. The summed E-state index contributed by atoms with van der Waals surface area (Å²) in [6, 6.07) is 1.74. The Hall–Kier alpha value is -0.350. The highest BCUT2D eigenvalue weighted by Gasteiger charge is 2.01. The van der Waals surface area contributed by atoms with E-state index in [1.54, 1.807) is 22.9 Å². The molecule has 0 bridgehead atoms. The Morgan fingerprint density at radius 2 is 2.23 bits per heavy atom. The molecular formula is C9H9Br2NO. The topological polar surface area (TPSA) is 22.0 Å². The van der Waals surface area contributed by atoms with Crippen LogP contribution in [0.15, 0.2) is 38.7 Å². The van der Waals surface area contributed by atoms with Crippen molar-refractivity contribution >= 4 is 31.9 Å². The van der Waals surface area contributed by atoms with Gasteiger partial charge in [-0.15, -0.1) is 6.58 Å². The van der Waals surface area contributed by atoms with E-state index < -0.39 is 0 Å². The van der Waals surface area contributed by atoms with Crippen LogP contribution in [0.4, 0.5) is 0 Å². The quantitative estimate of drug-likeness (QED) is 0.787. The molecule has 1 aromatic heterocycles. The molecule has 0 saturated carbocycles. The van der Waals surface area contributed by atoms with Crippen LogP contribution in [0.3, 0.4) is 0 Å². The van der Waals surface area contributed by atoms with E-state index in [2.05, 4.69) is 38.4 Å². The van der Waals surface area contributed by atoms with Gasteiger partial charge < -0.3 is 4.57 Å². The lowest BCUT2D eigenvalue weighted by atomic mass is 10.4. The van der Waals surface area contributed by atoms with Crippen LogP contribution in [-0.2, 0) is 6.54 Å². The van der Waals surface area contributed by atoms with Gasteiger partial charge in [0.1, 0.15) is 0 Å². The molecule has 0 fully saturated rings. The SMILES string of the molecule is C=CCCn1cc(Br)cc(Br)c1=O. The minimum absolute atomic E-state index is 0.00921. The second kappa shape index (κ2) is 4.77. The summed E-state index contributed by atoms with van der Waals surface area (Å²) in [6.45, 7) is 4.28. The predicted molar refractivity (Wildman–Crippen MR) is 60.9 cm³/mol. The second-order valence-corrected chi connectivity index (χ2v) is 4.35. The number of halogens is 2. The van der Waals surface area contributed by atoms with Crippen molar-refractivity contribution in [3.63, 3.8) is 0 Å². The average molecular weight is 307 g/mol. The molecule has 0 atom stereocenters. The third-order valence-corrected chi connectivity index (χ3v) is 2.58. The zero-order chi connectivity index (χ0) is 9.84. The monoisotopic (exact) mass is 305 g/mol. The fourth-order valence-electron chi connectivity index (χ4n) is 0.961. The zero-order valence-corrected chi connectivity index (χ0v) is 10.1. The van der Waals surface area contributed by atoms with E-state index in [1.165, 1.54) is 0 Å². The Balaban J connectivity index is 3.05. The molecule has 0 spiro atoms. The van der Waals surface area contributed by atoms with Gasteiger partial charge in [0.25, 0.3) is 5.56 Å². The normalized spacial score (nSPS) is 10.0. The summed E-state index contributed by atoms with van der Waals surface area (Å²) in [6.07, 6.45) is 4.36. The van der Waals surface area contributed by atoms with Gasteiger partial charge in [-0.2, -0.15) is 0 Å². The smallest absolute Gasteiger partial charge is 0.264 e. The maximum absolute atomic E-state index is 11.5. The van der Waals surface area contributed by atoms with Gasteiger partial charge in [-0.25, -0.2) is 0 Å². The summed E-state index contributed by atoms with van der Waals surface area (Å²) in [7, 11) is 0. The van der Waals surface area contributed by atoms with Crippen molar-refractivity contribution in [2.24, 2.45) is 0 Å². The third kappa shape index (κ3) is 2.81. The number of hydrogen-bond donors (Lipinski definition) is 0. The maximum Gasteiger partial charge on any atom is 0.264 e. The largest absolute Gasteiger partial charge is 0.313 e. The molecule has 0 aromatic carbocycles. The van der Waals surface area contributed by atoms with Crippen molar-refractivity contribution in [3.8, 4) is 0 Å². The molecule has 0 N–H and O–H groups in total. The summed E-state index contributed by atoms with van der Waals surface area (Å²) in [5.74, 6) is 0. The lowest BCUT2D eigenvalue weighted by Crippen LogP contribution is -2.19. The lowest BCUT2D eigenvalue weighted by Gasteiger charge is -2.04. The molecule has 70 valence electrons. The molecule has 0 radical (unpaired) electrons. The maximum atomic E-state index is 11.5. The number of pyridine rings is 1. The van der Waals surface area contributed by atoms with Crippen LogP contribution < -0.4 is 5.56 Å². The fourth-order valence-corrected chi connectivity index (χ4v) is 2.22. The van der Waals surface area contributed by atoms with Crippen LogP contribution in [0.25, 0.3) is 0 Å². The number of allylic oxidation sites excluding steroid dienone is 1. The molecule has 0 aliphatic rings. The van der Waals surface area contributed by atoms with Gasteiger partial charge in [-0.3, -0.25) is 4.79 Å². The van der Waals surface area contributed by atoms with Crippen molar-refractivity contribution in [1.29, 1.82) is 0 Å². The highest BCUT2D eigenvalue weighted by Crippen LogP contribution is 2.12. The highest BCUT2D eigenvalue weighted by atomic mass is 79.9. The van der Waals surface area contributed by atoms with Gasteiger partial charge in [0.05, 0.1) is 4.47 Å². The van der Waals surface area contributed by atoms with E-state index in [0.29, 0.717) is 11.0 Å². The van der Waals surface area contributed by atoms with Gasteiger partial charge in [-0.1, -0.05) is 6.08 Å². The highest BCUT2D eigenvalue weighted by molar-refractivity contribution is 9.11. The number of aryl methyl sites for hydroxylation is 1. The Bertz CT molecular complexity index is 370. The molecule has 0 aliphatic heterocycles. The summed E-state index contributed by atoms with van der Waals surface area (Å²) in [4.78, 5) is 11.5. The number of hydrogen-bond acceptors (Lipinski definition) is 1. The van der Waals surface area contributed by atoms with Crippen LogP contribution in [-0.4, -0.2) is 4.57 Å². The van der Waals surface area contributed by atoms with E-state index in [4.69, 9.17) is 0 Å². The van der Waals surface area contributed by atoms with Gasteiger partial charge in [0, 0.05) is 17.2 Å². The Kier molecular flexibility index (Phi) is 3.93. The van der Waals surface area contributed by atoms with E-state index in [9.17, 15) is 4.79 Å². The second-order valence-electron chi connectivity index (χ2n) is 2.58. The van der Waals surface area contributed by atoms with Crippen LogP contribution in [0.1, 0.15) is 6.42 Å². The first-order valence-electron chi connectivity index (χ1n) is 3.81. The molecular weight excluding hydrogens is 298 g/mol. The number of aromatic nitrogens is 1. The van der Waals surface area contributed by atoms with E-state index in [0.717, 1.165) is 10.9 Å². The van der Waals surface area contributed by atoms with Crippen molar-refractivity contribution in [3.05, 3.63) is 44.2 Å². The molecule has 13 heavy (non-hydrogen) atoms. The average Bonchev–Trinajstić information content (AvgIpc) is 2.09. The standard InChI is InChI=1S/C9H9Br2NO/c1-2-3-4-12-6-7(10)5-8(11)9(12)13/h2,5-6H,1,3-4H2. The Morgan fingerprint density at radius 1 is 1.54 bits per heavy atom. The van der Waals surface area contributed by atoms with Gasteiger partial charge in [0.15, 0.2) is 0 Å². The molecule has 0 aliphatic carbocycles. The van der Waals surface area contributed by atoms with E-state index >= 15 is 0 Å². The first kappa shape index (κ1) is 10.7. The van der Waals surface area contributed by atoms with Crippen LogP contribution in [0, 0.1) is 0 Å². The lowest BCUT2D eigenvalue weighted by molar-refractivity contribution is 0.676. The van der Waals surface area contributed by atoms with Crippen LogP contribution in [0.2, 0.25) is 0 Å². The van der Waals surface area contributed by atoms with Gasteiger partial charge in [0.2, 0.25) is 0 Å². The van der Waals surface area contributed by atoms with E-state index in [1.807, 2.05) is 0 Å². The molecule has 1 rings (SSSR count). The van der Waals surface area contributed by atoms with E-state index in [-0.39, 0.29) is 5.56 Å². The van der Waals surface area contributed by atoms with Crippen LogP contribution >= 0.6 is 31.9 Å². The molecule has 1 aromatic rings. The van der Waals surface area contributed by atoms with Gasteiger partial charge in [-0.05, 0) is 44.3 Å².